The van der Waals surface area contributed by atoms with E-state index >= 15 is 0 Å². The molecule has 2 aromatic carbocycles. The third-order valence-electron chi connectivity index (χ3n) is 3.28. The molecular weight excluding hydrogens is 370 g/mol. The molecule has 0 aliphatic carbocycles. The molecule has 3 N–H and O–H groups in total. The normalized spacial score (nSPS) is 11.1. The number of rotatable bonds is 5. The number of ether oxygens (including phenoxy) is 1. The molecule has 0 heterocycles. The predicted molar refractivity (Wildman–Crippen MR) is 87.8 cm³/mol. The summed E-state index contributed by atoms with van der Waals surface area (Å²) in [6.45, 7) is 0.764. The predicted octanol–water partition coefficient (Wildman–Crippen LogP) is 1.72. The lowest BCUT2D eigenvalue weighted by Gasteiger charge is -2.08. The van der Waals surface area contributed by atoms with E-state index in [1.165, 1.54) is 12.1 Å². The number of sulfonamides is 1. The maximum atomic E-state index is 13.7. The lowest BCUT2D eigenvalue weighted by atomic mass is 10.2. The van der Waals surface area contributed by atoms with Crippen molar-refractivity contribution < 1.29 is 31.5 Å². The van der Waals surface area contributed by atoms with E-state index in [2.05, 4.69) is 10.1 Å². The zero-order chi connectivity index (χ0) is 19.5. The molecule has 2 aromatic rings. The van der Waals surface area contributed by atoms with Crippen molar-refractivity contribution in [1.82, 2.24) is 0 Å². The fraction of sp³-hybridized carbons (Fsp3) is 0.125. The Bertz CT molecular complexity index is 977. The molecule has 0 spiro atoms. The Morgan fingerprint density at radius 1 is 1.12 bits per heavy atom. The van der Waals surface area contributed by atoms with Crippen LogP contribution in [0.15, 0.2) is 41.3 Å². The molecule has 0 radical (unpaired) electrons. The molecule has 0 aliphatic heterocycles. The molecule has 0 aromatic heterocycles. The Kier molecular flexibility index (Phi) is 5.68. The summed E-state index contributed by atoms with van der Waals surface area (Å²) in [6.07, 6.45) is 0. The monoisotopic (exact) mass is 384 g/mol. The number of nitrogens with two attached hydrogens (primary N) is 1. The second-order valence-corrected chi connectivity index (χ2v) is 6.84. The summed E-state index contributed by atoms with van der Waals surface area (Å²) >= 11 is 0. The Hall–Kier alpha value is -2.85. The van der Waals surface area contributed by atoms with Crippen molar-refractivity contribution in [2.24, 2.45) is 5.14 Å². The number of carbonyl (C=O) groups excluding carboxylic acids is 2. The molecule has 0 bridgehead atoms. The molecule has 2 rings (SSSR count). The van der Waals surface area contributed by atoms with Gasteiger partial charge in [0.2, 0.25) is 10.0 Å². The zero-order valence-electron chi connectivity index (χ0n) is 13.5. The van der Waals surface area contributed by atoms with Gasteiger partial charge in [-0.1, -0.05) is 6.07 Å². The summed E-state index contributed by atoms with van der Waals surface area (Å²) in [5.74, 6) is -3.60. The van der Waals surface area contributed by atoms with Crippen LogP contribution in [0.4, 0.5) is 14.5 Å². The molecule has 7 nitrogen and oxygen atoms in total. The number of hydrogen-bond acceptors (Lipinski definition) is 5. The number of halogens is 2. The lowest BCUT2D eigenvalue weighted by Crippen LogP contribution is -2.22. The van der Waals surface area contributed by atoms with Gasteiger partial charge >= 0.3 is 5.97 Å². The molecule has 0 unspecified atom stereocenters. The van der Waals surface area contributed by atoms with Crippen molar-refractivity contribution in [2.75, 3.05) is 11.9 Å². The summed E-state index contributed by atoms with van der Waals surface area (Å²) in [5, 5.41) is 7.21. The van der Waals surface area contributed by atoms with Crippen LogP contribution in [0.3, 0.4) is 0 Å². The van der Waals surface area contributed by atoms with Crippen molar-refractivity contribution in [3.63, 3.8) is 0 Å². The van der Waals surface area contributed by atoms with Gasteiger partial charge in [-0.25, -0.2) is 27.1 Å². The highest BCUT2D eigenvalue weighted by Crippen LogP contribution is 2.16. The van der Waals surface area contributed by atoms with Gasteiger partial charge in [-0.3, -0.25) is 4.79 Å². The van der Waals surface area contributed by atoms with Gasteiger partial charge < -0.3 is 10.1 Å². The first-order chi connectivity index (χ1) is 12.1. The van der Waals surface area contributed by atoms with Crippen LogP contribution >= 0.6 is 0 Å². The molecular formula is C16H14F2N2O5S. The summed E-state index contributed by atoms with van der Waals surface area (Å²) < 4.78 is 54.2. The van der Waals surface area contributed by atoms with Gasteiger partial charge in [0.25, 0.3) is 5.91 Å². The van der Waals surface area contributed by atoms with E-state index in [-0.39, 0.29) is 5.69 Å². The highest BCUT2D eigenvalue weighted by Gasteiger charge is 2.19. The second kappa shape index (κ2) is 7.58. The fourth-order valence-electron chi connectivity index (χ4n) is 1.91. The average Bonchev–Trinajstić information content (AvgIpc) is 2.55. The van der Waals surface area contributed by atoms with E-state index in [9.17, 15) is 26.8 Å². The standard InChI is InChI=1S/C16H14F2N2O5S/c1-9-2-3-10(6-14(9)18)20-15(21)8-25-16(22)12-7-11(26(19,23)24)4-5-13(12)17/h2-7H,8H2,1H3,(H,20,21)(H2,19,23,24). The van der Waals surface area contributed by atoms with E-state index in [4.69, 9.17) is 5.14 Å². The van der Waals surface area contributed by atoms with Crippen LogP contribution in [-0.4, -0.2) is 26.9 Å². The quantitative estimate of drug-likeness (QED) is 0.762. The molecule has 138 valence electrons. The molecule has 26 heavy (non-hydrogen) atoms. The summed E-state index contributed by atoms with van der Waals surface area (Å²) in [4.78, 5) is 23.1. The molecule has 1 amide bonds. The fourth-order valence-corrected chi connectivity index (χ4v) is 2.45. The lowest BCUT2D eigenvalue weighted by molar-refractivity contribution is -0.119. The number of primary sulfonamides is 1. The Morgan fingerprint density at radius 3 is 2.42 bits per heavy atom. The number of esters is 1. The smallest absolute Gasteiger partial charge is 0.341 e. The van der Waals surface area contributed by atoms with Crippen molar-refractivity contribution in [1.29, 1.82) is 0 Å². The zero-order valence-corrected chi connectivity index (χ0v) is 14.3. The maximum Gasteiger partial charge on any atom is 0.341 e. The van der Waals surface area contributed by atoms with Crippen LogP contribution in [0, 0.1) is 18.6 Å². The van der Waals surface area contributed by atoms with Crippen LogP contribution in [0.1, 0.15) is 15.9 Å². The summed E-state index contributed by atoms with van der Waals surface area (Å²) in [6, 6.07) is 6.33. The van der Waals surface area contributed by atoms with Crippen molar-refractivity contribution in [3.05, 3.63) is 59.2 Å². The van der Waals surface area contributed by atoms with Crippen LogP contribution in [-0.2, 0) is 19.6 Å². The Morgan fingerprint density at radius 2 is 1.81 bits per heavy atom. The van der Waals surface area contributed by atoms with Gasteiger partial charge in [0, 0.05) is 5.69 Å². The van der Waals surface area contributed by atoms with Gasteiger partial charge in [-0.05, 0) is 42.8 Å². The average molecular weight is 384 g/mol. The van der Waals surface area contributed by atoms with E-state index in [0.717, 1.165) is 18.2 Å². The number of aryl methyl sites for hydroxylation is 1. The minimum Gasteiger partial charge on any atom is -0.452 e. The number of hydrogen-bond donors (Lipinski definition) is 2. The van der Waals surface area contributed by atoms with E-state index < -0.39 is 50.6 Å². The molecule has 0 aliphatic rings. The third-order valence-corrected chi connectivity index (χ3v) is 4.19. The van der Waals surface area contributed by atoms with Gasteiger partial charge in [0.05, 0.1) is 10.5 Å². The number of amides is 1. The molecule has 10 heteroatoms. The topological polar surface area (TPSA) is 116 Å². The van der Waals surface area contributed by atoms with Crippen molar-refractivity contribution in [2.45, 2.75) is 11.8 Å². The van der Waals surface area contributed by atoms with Gasteiger partial charge in [0.1, 0.15) is 11.6 Å². The molecule has 0 fully saturated rings. The van der Waals surface area contributed by atoms with Crippen LogP contribution < -0.4 is 10.5 Å². The third kappa shape index (κ3) is 4.83. The molecule has 0 atom stereocenters. The minimum absolute atomic E-state index is 0.150. The maximum absolute atomic E-state index is 13.7. The molecule has 0 saturated heterocycles. The van der Waals surface area contributed by atoms with Crippen molar-refractivity contribution >= 4 is 27.6 Å². The number of carbonyl (C=O) groups is 2. The summed E-state index contributed by atoms with van der Waals surface area (Å²) in [7, 11) is -4.14. The van der Waals surface area contributed by atoms with Gasteiger partial charge in [0.15, 0.2) is 6.61 Å². The van der Waals surface area contributed by atoms with Crippen LogP contribution in [0.5, 0.6) is 0 Å². The van der Waals surface area contributed by atoms with Crippen LogP contribution in [0.25, 0.3) is 0 Å². The van der Waals surface area contributed by atoms with E-state index in [1.54, 1.807) is 6.92 Å². The first-order valence-corrected chi connectivity index (χ1v) is 8.68. The largest absolute Gasteiger partial charge is 0.452 e. The number of benzene rings is 2. The molecule has 0 saturated carbocycles. The van der Waals surface area contributed by atoms with Crippen molar-refractivity contribution in [3.8, 4) is 0 Å². The Labute approximate surface area is 147 Å². The van der Waals surface area contributed by atoms with E-state index in [0.29, 0.717) is 11.6 Å². The highest BCUT2D eigenvalue weighted by molar-refractivity contribution is 7.89. The minimum atomic E-state index is -4.14. The second-order valence-electron chi connectivity index (χ2n) is 5.27. The SMILES string of the molecule is Cc1ccc(NC(=O)COC(=O)c2cc(S(N)(=O)=O)ccc2F)cc1F. The van der Waals surface area contributed by atoms with Gasteiger partial charge in [-0.2, -0.15) is 0 Å². The van der Waals surface area contributed by atoms with E-state index in [1.807, 2.05) is 0 Å². The van der Waals surface area contributed by atoms with Gasteiger partial charge in [-0.15, -0.1) is 0 Å². The number of nitrogens with one attached hydrogen (secondary N) is 1. The first kappa shape index (κ1) is 19.5. The number of anilines is 1. The highest BCUT2D eigenvalue weighted by atomic mass is 32.2. The summed E-state index contributed by atoms with van der Waals surface area (Å²) in [5.41, 5.74) is -0.151. The first-order valence-electron chi connectivity index (χ1n) is 7.13. The Balaban J connectivity index is 2.04. The van der Waals surface area contributed by atoms with Crippen LogP contribution in [0.2, 0.25) is 0 Å².